The van der Waals surface area contributed by atoms with Gasteiger partial charge in [0.1, 0.15) is 12.6 Å². The van der Waals surface area contributed by atoms with Crippen molar-refractivity contribution < 1.29 is 14.4 Å². The van der Waals surface area contributed by atoms with Crippen LogP contribution in [0.2, 0.25) is 0 Å². The predicted octanol–water partition coefficient (Wildman–Crippen LogP) is -1.59. The second kappa shape index (κ2) is 2.80. The highest BCUT2D eigenvalue weighted by Crippen LogP contribution is 2.06. The number of hydrogen-bond acceptors (Lipinski definition) is 3. The SMILES string of the molecule is CC1C(=O)NC(=O)N1CC(N)=O. The molecule has 4 amide bonds. The van der Waals surface area contributed by atoms with E-state index in [1.54, 1.807) is 0 Å². The molecule has 66 valence electrons. The average Bonchev–Trinajstić information content (AvgIpc) is 2.16. The molecule has 1 fully saturated rings. The molecule has 6 nitrogen and oxygen atoms in total. The van der Waals surface area contributed by atoms with Crippen LogP contribution in [0.1, 0.15) is 6.92 Å². The topological polar surface area (TPSA) is 92.5 Å². The van der Waals surface area contributed by atoms with Crippen molar-refractivity contribution in [1.82, 2.24) is 10.2 Å². The Kier molecular flexibility index (Phi) is 1.99. The van der Waals surface area contributed by atoms with Crippen molar-refractivity contribution in [1.29, 1.82) is 0 Å². The summed E-state index contributed by atoms with van der Waals surface area (Å²) in [6, 6.07) is -1.17. The van der Waals surface area contributed by atoms with Crippen LogP contribution in [0.5, 0.6) is 0 Å². The van der Waals surface area contributed by atoms with Crippen molar-refractivity contribution in [3.8, 4) is 0 Å². The van der Waals surface area contributed by atoms with Crippen LogP contribution < -0.4 is 11.1 Å². The number of nitrogens with two attached hydrogens (primary N) is 1. The Morgan fingerprint density at radius 1 is 1.67 bits per heavy atom. The lowest BCUT2D eigenvalue weighted by molar-refractivity contribution is -0.122. The molecule has 0 aromatic rings. The van der Waals surface area contributed by atoms with Crippen molar-refractivity contribution in [2.45, 2.75) is 13.0 Å². The number of urea groups is 1. The van der Waals surface area contributed by atoms with Crippen molar-refractivity contribution in [2.75, 3.05) is 6.54 Å². The molecule has 1 atom stereocenters. The zero-order chi connectivity index (χ0) is 9.30. The molecule has 1 unspecified atom stereocenters. The lowest BCUT2D eigenvalue weighted by atomic mass is 10.3. The third kappa shape index (κ3) is 1.36. The van der Waals surface area contributed by atoms with Crippen LogP contribution in [-0.2, 0) is 9.59 Å². The Bertz CT molecular complexity index is 250. The number of nitrogens with zero attached hydrogens (tertiary/aromatic N) is 1. The number of hydrogen-bond donors (Lipinski definition) is 2. The molecule has 6 heteroatoms. The van der Waals surface area contributed by atoms with Gasteiger partial charge in [-0.15, -0.1) is 0 Å². The van der Waals surface area contributed by atoms with Crippen molar-refractivity contribution in [3.05, 3.63) is 0 Å². The van der Waals surface area contributed by atoms with Gasteiger partial charge in [0.15, 0.2) is 0 Å². The van der Waals surface area contributed by atoms with E-state index in [0.717, 1.165) is 4.90 Å². The zero-order valence-corrected chi connectivity index (χ0v) is 6.53. The van der Waals surface area contributed by atoms with E-state index < -0.39 is 23.9 Å². The number of primary amides is 1. The molecule has 0 spiro atoms. The third-order valence-corrected chi connectivity index (χ3v) is 1.66. The fourth-order valence-electron chi connectivity index (χ4n) is 0.976. The summed E-state index contributed by atoms with van der Waals surface area (Å²) in [5.41, 5.74) is 4.87. The molecule has 0 aromatic carbocycles. The lowest BCUT2D eigenvalue weighted by Crippen LogP contribution is -2.39. The molecule has 0 bridgehead atoms. The van der Waals surface area contributed by atoms with Crippen LogP contribution in [0, 0.1) is 0 Å². The maximum Gasteiger partial charge on any atom is 0.325 e. The maximum atomic E-state index is 10.9. The van der Waals surface area contributed by atoms with E-state index in [4.69, 9.17) is 5.73 Å². The zero-order valence-electron chi connectivity index (χ0n) is 6.53. The molecular weight excluding hydrogens is 162 g/mol. The molecule has 3 N–H and O–H groups in total. The molecule has 0 radical (unpaired) electrons. The number of carbonyl (C=O) groups is 3. The van der Waals surface area contributed by atoms with Gasteiger partial charge in [0.25, 0.3) is 5.91 Å². The van der Waals surface area contributed by atoms with Gasteiger partial charge in [-0.1, -0.05) is 0 Å². The van der Waals surface area contributed by atoms with Gasteiger partial charge in [-0.05, 0) is 6.92 Å². The van der Waals surface area contributed by atoms with E-state index in [0.29, 0.717) is 0 Å². The standard InChI is InChI=1S/C6H9N3O3/c1-3-5(11)8-6(12)9(3)2-4(7)10/h3H,2H2,1H3,(H2,7,10)(H,8,11,12). The minimum Gasteiger partial charge on any atom is -0.368 e. The smallest absolute Gasteiger partial charge is 0.325 e. The molecule has 1 rings (SSSR count). The first-order chi connectivity index (χ1) is 5.52. The second-order valence-electron chi connectivity index (χ2n) is 2.56. The van der Waals surface area contributed by atoms with Gasteiger partial charge >= 0.3 is 6.03 Å². The average molecular weight is 171 g/mol. The van der Waals surface area contributed by atoms with E-state index in [1.807, 2.05) is 0 Å². The monoisotopic (exact) mass is 171 g/mol. The first kappa shape index (κ1) is 8.51. The van der Waals surface area contributed by atoms with Gasteiger partial charge in [-0.25, -0.2) is 4.79 Å². The lowest BCUT2D eigenvalue weighted by Gasteiger charge is -2.15. The summed E-state index contributed by atoms with van der Waals surface area (Å²) in [4.78, 5) is 33.3. The van der Waals surface area contributed by atoms with Crippen molar-refractivity contribution in [2.24, 2.45) is 5.73 Å². The van der Waals surface area contributed by atoms with Crippen LogP contribution in [0.3, 0.4) is 0 Å². The predicted molar refractivity (Wildman–Crippen MR) is 38.9 cm³/mol. The maximum absolute atomic E-state index is 10.9. The summed E-state index contributed by atoms with van der Waals surface area (Å²) < 4.78 is 0. The Morgan fingerprint density at radius 2 is 2.25 bits per heavy atom. The van der Waals surface area contributed by atoms with Crippen LogP contribution in [0.4, 0.5) is 4.79 Å². The van der Waals surface area contributed by atoms with E-state index in [2.05, 4.69) is 5.32 Å². The molecule has 0 aromatic heterocycles. The van der Waals surface area contributed by atoms with E-state index >= 15 is 0 Å². The number of rotatable bonds is 2. The molecule has 0 aliphatic carbocycles. The van der Waals surface area contributed by atoms with Crippen LogP contribution in [0.15, 0.2) is 0 Å². The summed E-state index contributed by atoms with van der Waals surface area (Å²) in [6.07, 6.45) is 0. The number of imide groups is 1. The first-order valence-electron chi connectivity index (χ1n) is 3.42. The van der Waals surface area contributed by atoms with E-state index in [1.165, 1.54) is 6.92 Å². The van der Waals surface area contributed by atoms with Crippen molar-refractivity contribution in [3.63, 3.8) is 0 Å². The van der Waals surface area contributed by atoms with Crippen LogP contribution in [-0.4, -0.2) is 35.3 Å². The minimum absolute atomic E-state index is 0.223. The van der Waals surface area contributed by atoms with Gasteiger partial charge in [0, 0.05) is 0 Å². The molecule has 1 heterocycles. The Hall–Kier alpha value is -1.59. The Balaban J connectivity index is 2.70. The Labute approximate surface area is 68.7 Å². The van der Waals surface area contributed by atoms with Gasteiger partial charge in [0.2, 0.25) is 5.91 Å². The minimum atomic E-state index is -0.633. The quantitative estimate of drug-likeness (QED) is 0.490. The molecule has 0 saturated carbocycles. The van der Waals surface area contributed by atoms with E-state index in [-0.39, 0.29) is 6.54 Å². The van der Waals surface area contributed by atoms with Gasteiger partial charge in [-0.3, -0.25) is 14.9 Å². The summed E-state index contributed by atoms with van der Waals surface area (Å²) in [6.45, 7) is 1.31. The van der Waals surface area contributed by atoms with Gasteiger partial charge in [-0.2, -0.15) is 0 Å². The third-order valence-electron chi connectivity index (χ3n) is 1.66. The van der Waals surface area contributed by atoms with Gasteiger partial charge < -0.3 is 10.6 Å². The normalized spacial score (nSPS) is 22.8. The van der Waals surface area contributed by atoms with Crippen molar-refractivity contribution >= 4 is 17.8 Å². The Morgan fingerprint density at radius 3 is 2.58 bits per heavy atom. The highest BCUT2D eigenvalue weighted by Gasteiger charge is 2.35. The molecule has 1 aliphatic rings. The summed E-state index contributed by atoms with van der Waals surface area (Å²) in [5, 5.41) is 2.06. The first-order valence-corrected chi connectivity index (χ1v) is 3.42. The fourth-order valence-corrected chi connectivity index (χ4v) is 0.976. The molecule has 1 saturated heterocycles. The van der Waals surface area contributed by atoms with Gasteiger partial charge in [0.05, 0.1) is 0 Å². The largest absolute Gasteiger partial charge is 0.368 e. The summed E-state index contributed by atoms with van der Waals surface area (Å²) in [7, 11) is 0. The highest BCUT2D eigenvalue weighted by atomic mass is 16.2. The number of amides is 4. The summed E-state index contributed by atoms with van der Waals surface area (Å²) >= 11 is 0. The molecule has 1 aliphatic heterocycles. The summed E-state index contributed by atoms with van der Waals surface area (Å²) in [5.74, 6) is -1.03. The number of nitrogens with one attached hydrogen (secondary N) is 1. The second-order valence-corrected chi connectivity index (χ2v) is 2.56. The fraction of sp³-hybridized carbons (Fsp3) is 0.500. The molecular formula is C6H9N3O3. The number of carbonyl (C=O) groups excluding carboxylic acids is 3. The van der Waals surface area contributed by atoms with E-state index in [9.17, 15) is 14.4 Å². The van der Waals surface area contributed by atoms with Crippen LogP contribution in [0.25, 0.3) is 0 Å². The highest BCUT2D eigenvalue weighted by molar-refractivity contribution is 6.05. The molecule has 12 heavy (non-hydrogen) atoms. The van der Waals surface area contributed by atoms with Crippen LogP contribution >= 0.6 is 0 Å².